The summed E-state index contributed by atoms with van der Waals surface area (Å²) in [5.74, 6) is -1.08. The number of rotatable bonds is 6. The summed E-state index contributed by atoms with van der Waals surface area (Å²) in [6, 6.07) is 6.14. The summed E-state index contributed by atoms with van der Waals surface area (Å²) in [5, 5.41) is 11.5. The summed E-state index contributed by atoms with van der Waals surface area (Å²) in [5.41, 5.74) is 6.92. The lowest BCUT2D eigenvalue weighted by atomic mass is 10.1. The van der Waals surface area contributed by atoms with Gasteiger partial charge in [0.15, 0.2) is 0 Å². The number of benzene rings is 1. The second-order valence-electron chi connectivity index (χ2n) is 3.84. The summed E-state index contributed by atoms with van der Waals surface area (Å²) >= 11 is 2.13. The fourth-order valence-corrected chi connectivity index (χ4v) is 1.92. The highest BCUT2D eigenvalue weighted by Gasteiger charge is 2.12. The van der Waals surface area contributed by atoms with Crippen LogP contribution in [0.1, 0.15) is 12.0 Å². The molecule has 1 atom stereocenters. The lowest BCUT2D eigenvalue weighted by molar-refractivity contribution is -0.138. The van der Waals surface area contributed by atoms with E-state index in [1.807, 2.05) is 0 Å². The smallest absolute Gasteiger partial charge is 0.320 e. The minimum absolute atomic E-state index is 0.0518. The molecule has 4 N–H and O–H groups in total. The number of alkyl halides is 1. The van der Waals surface area contributed by atoms with Crippen molar-refractivity contribution in [3.63, 3.8) is 0 Å². The van der Waals surface area contributed by atoms with Crippen molar-refractivity contribution in [2.75, 3.05) is 9.74 Å². The molecule has 1 aromatic carbocycles. The molecule has 0 saturated carbocycles. The van der Waals surface area contributed by atoms with Gasteiger partial charge in [-0.05, 0) is 24.1 Å². The molecule has 0 bridgehead atoms. The van der Waals surface area contributed by atoms with Gasteiger partial charge in [0.05, 0.1) is 0 Å². The van der Waals surface area contributed by atoms with E-state index in [-0.39, 0.29) is 12.3 Å². The van der Waals surface area contributed by atoms with Crippen LogP contribution in [0, 0.1) is 0 Å². The van der Waals surface area contributed by atoms with Crippen molar-refractivity contribution in [3.8, 4) is 0 Å². The highest BCUT2D eigenvalue weighted by molar-refractivity contribution is 14.1. The van der Waals surface area contributed by atoms with E-state index < -0.39 is 12.0 Å². The van der Waals surface area contributed by atoms with Crippen LogP contribution in [0.2, 0.25) is 0 Å². The van der Waals surface area contributed by atoms with Gasteiger partial charge in [0, 0.05) is 16.5 Å². The molecule has 0 aromatic heterocycles. The molecule has 6 heteroatoms. The van der Waals surface area contributed by atoms with Crippen molar-refractivity contribution in [1.29, 1.82) is 0 Å². The molecule has 0 heterocycles. The summed E-state index contributed by atoms with van der Waals surface area (Å²) in [7, 11) is 0. The quantitative estimate of drug-likeness (QED) is 0.527. The number of carbonyl (C=O) groups excluding carboxylic acids is 1. The number of carboxylic acid groups (broad SMARTS) is 1. The minimum Gasteiger partial charge on any atom is -0.480 e. The molecule has 0 fully saturated rings. The van der Waals surface area contributed by atoms with E-state index in [0.717, 1.165) is 9.99 Å². The average molecular weight is 362 g/mol. The Labute approximate surface area is 119 Å². The molecule has 1 amide bonds. The van der Waals surface area contributed by atoms with Crippen molar-refractivity contribution in [3.05, 3.63) is 29.8 Å². The normalized spacial score (nSPS) is 11.9. The Morgan fingerprint density at radius 2 is 2.17 bits per heavy atom. The number of halogens is 1. The average Bonchev–Trinajstić information content (AvgIpc) is 2.29. The molecule has 0 unspecified atom stereocenters. The van der Waals surface area contributed by atoms with E-state index in [0.29, 0.717) is 12.1 Å². The highest BCUT2D eigenvalue weighted by atomic mass is 127. The third-order valence-corrected chi connectivity index (χ3v) is 2.84. The van der Waals surface area contributed by atoms with E-state index in [1.54, 1.807) is 24.3 Å². The van der Waals surface area contributed by atoms with Crippen LogP contribution < -0.4 is 11.1 Å². The van der Waals surface area contributed by atoms with Crippen molar-refractivity contribution < 1.29 is 14.7 Å². The number of nitrogens with two attached hydrogens (primary N) is 1. The molecule has 18 heavy (non-hydrogen) atoms. The van der Waals surface area contributed by atoms with Gasteiger partial charge in [-0.1, -0.05) is 34.7 Å². The fraction of sp³-hybridized carbons (Fsp3) is 0.333. The zero-order valence-electron chi connectivity index (χ0n) is 9.73. The van der Waals surface area contributed by atoms with E-state index in [2.05, 4.69) is 27.9 Å². The predicted molar refractivity (Wildman–Crippen MR) is 77.9 cm³/mol. The zero-order chi connectivity index (χ0) is 13.5. The Morgan fingerprint density at radius 1 is 1.44 bits per heavy atom. The maximum atomic E-state index is 11.4. The highest BCUT2D eigenvalue weighted by Crippen LogP contribution is 2.12. The first-order chi connectivity index (χ1) is 8.52. The van der Waals surface area contributed by atoms with Gasteiger partial charge in [-0.25, -0.2) is 0 Å². The SMILES string of the molecule is N[C@@H](Cc1cccc(NC(=O)CCI)c1)C(=O)O. The molecule has 0 aliphatic heterocycles. The van der Waals surface area contributed by atoms with Crippen LogP contribution >= 0.6 is 22.6 Å². The van der Waals surface area contributed by atoms with Crippen LogP contribution in [0.15, 0.2) is 24.3 Å². The van der Waals surface area contributed by atoms with Crippen LogP contribution in [0.3, 0.4) is 0 Å². The summed E-state index contributed by atoms with van der Waals surface area (Å²) in [4.78, 5) is 22.1. The molecule has 1 aromatic rings. The van der Waals surface area contributed by atoms with Crippen LogP contribution in [0.25, 0.3) is 0 Å². The fourth-order valence-electron chi connectivity index (χ4n) is 1.43. The third-order valence-electron chi connectivity index (χ3n) is 2.31. The number of aliphatic carboxylic acids is 1. The number of carbonyl (C=O) groups is 2. The van der Waals surface area contributed by atoms with Crippen LogP contribution in [0.5, 0.6) is 0 Å². The number of nitrogens with one attached hydrogen (secondary N) is 1. The molecular weight excluding hydrogens is 347 g/mol. The lowest BCUT2D eigenvalue weighted by Gasteiger charge is -2.09. The molecule has 1 rings (SSSR count). The molecule has 0 radical (unpaired) electrons. The van der Waals surface area contributed by atoms with Gasteiger partial charge in [-0.3, -0.25) is 9.59 Å². The number of hydrogen-bond acceptors (Lipinski definition) is 3. The first kappa shape index (κ1) is 14.9. The van der Waals surface area contributed by atoms with Gasteiger partial charge < -0.3 is 16.2 Å². The summed E-state index contributed by atoms with van der Waals surface area (Å²) in [6.07, 6.45) is 0.699. The topological polar surface area (TPSA) is 92.4 Å². The van der Waals surface area contributed by atoms with Gasteiger partial charge in [-0.2, -0.15) is 0 Å². The number of anilines is 1. The number of amides is 1. The van der Waals surface area contributed by atoms with Gasteiger partial charge in [0.2, 0.25) is 5.91 Å². The van der Waals surface area contributed by atoms with E-state index in [9.17, 15) is 9.59 Å². The summed E-state index contributed by atoms with van der Waals surface area (Å²) in [6.45, 7) is 0. The number of hydrogen-bond donors (Lipinski definition) is 3. The Balaban J connectivity index is 2.67. The Morgan fingerprint density at radius 3 is 2.78 bits per heavy atom. The molecule has 5 nitrogen and oxygen atoms in total. The first-order valence-corrected chi connectivity index (χ1v) is 6.98. The van der Waals surface area contributed by atoms with Crippen molar-refractivity contribution >= 4 is 40.2 Å². The van der Waals surface area contributed by atoms with Gasteiger partial charge in [0.1, 0.15) is 6.04 Å². The Hall–Kier alpha value is -1.15. The second kappa shape index (κ2) is 7.32. The molecule has 0 aliphatic rings. The standard InChI is InChI=1S/C12H15IN2O3/c13-5-4-11(16)15-9-3-1-2-8(6-9)7-10(14)12(17)18/h1-3,6,10H,4-5,7,14H2,(H,15,16)(H,17,18)/t10-/m0/s1. The van der Waals surface area contributed by atoms with Crippen LogP contribution in [-0.2, 0) is 16.0 Å². The Kier molecular flexibility index (Phi) is 6.06. The van der Waals surface area contributed by atoms with E-state index in [4.69, 9.17) is 10.8 Å². The predicted octanol–water partition coefficient (Wildman–Crippen LogP) is 1.40. The van der Waals surface area contributed by atoms with Gasteiger partial charge in [0.25, 0.3) is 0 Å². The van der Waals surface area contributed by atoms with Gasteiger partial charge >= 0.3 is 5.97 Å². The maximum absolute atomic E-state index is 11.4. The second-order valence-corrected chi connectivity index (χ2v) is 4.92. The van der Waals surface area contributed by atoms with Crippen LogP contribution in [0.4, 0.5) is 5.69 Å². The summed E-state index contributed by atoms with van der Waals surface area (Å²) < 4.78 is 0.757. The van der Waals surface area contributed by atoms with Crippen molar-refractivity contribution in [2.45, 2.75) is 18.9 Å². The molecule has 0 aliphatic carbocycles. The monoisotopic (exact) mass is 362 g/mol. The zero-order valence-corrected chi connectivity index (χ0v) is 11.9. The minimum atomic E-state index is -1.03. The third kappa shape index (κ3) is 5.01. The van der Waals surface area contributed by atoms with Crippen molar-refractivity contribution in [2.24, 2.45) is 5.73 Å². The van der Waals surface area contributed by atoms with E-state index in [1.165, 1.54) is 0 Å². The largest absolute Gasteiger partial charge is 0.480 e. The molecule has 98 valence electrons. The first-order valence-electron chi connectivity index (χ1n) is 5.46. The Bertz CT molecular complexity index is 437. The number of carboxylic acids is 1. The maximum Gasteiger partial charge on any atom is 0.320 e. The molecular formula is C12H15IN2O3. The van der Waals surface area contributed by atoms with E-state index >= 15 is 0 Å². The van der Waals surface area contributed by atoms with Crippen LogP contribution in [-0.4, -0.2) is 27.5 Å². The van der Waals surface area contributed by atoms with Crippen molar-refractivity contribution in [1.82, 2.24) is 0 Å². The molecule has 0 spiro atoms. The lowest BCUT2D eigenvalue weighted by Crippen LogP contribution is -2.32. The van der Waals surface area contributed by atoms with Gasteiger partial charge in [-0.15, -0.1) is 0 Å². The molecule has 0 saturated heterocycles.